The number of aromatic nitrogens is 4. The lowest BCUT2D eigenvalue weighted by Crippen LogP contribution is -2.38. The van der Waals surface area contributed by atoms with Crippen molar-refractivity contribution in [3.8, 4) is 0 Å². The van der Waals surface area contributed by atoms with Gasteiger partial charge in [0.2, 0.25) is 5.91 Å². The topological polar surface area (TPSA) is 92.4 Å². The summed E-state index contributed by atoms with van der Waals surface area (Å²) < 4.78 is 1.65. The van der Waals surface area contributed by atoms with Gasteiger partial charge in [-0.1, -0.05) is 0 Å². The number of aliphatic hydroxyl groups excluding tert-OH is 1. The number of nitrogens with one attached hydrogen (secondary N) is 1. The summed E-state index contributed by atoms with van der Waals surface area (Å²) in [5.41, 5.74) is 1.82. The van der Waals surface area contributed by atoms with E-state index in [2.05, 4.69) is 20.4 Å². The fraction of sp³-hybridized carbons (Fsp3) is 0.600. The van der Waals surface area contributed by atoms with Crippen LogP contribution in [0.4, 0.5) is 0 Å². The quantitative estimate of drug-likeness (QED) is 0.813. The molecule has 0 saturated heterocycles. The van der Waals surface area contributed by atoms with Crippen molar-refractivity contribution < 1.29 is 9.90 Å². The van der Waals surface area contributed by atoms with Gasteiger partial charge < -0.3 is 10.4 Å². The van der Waals surface area contributed by atoms with E-state index >= 15 is 0 Å². The summed E-state index contributed by atoms with van der Waals surface area (Å²) in [5, 5.41) is 16.4. The molecule has 3 rings (SSSR count). The first kappa shape index (κ1) is 14.9. The number of rotatable bonds is 6. The van der Waals surface area contributed by atoms with E-state index in [0.29, 0.717) is 23.9 Å². The third-order valence-corrected chi connectivity index (χ3v) is 3.96. The van der Waals surface area contributed by atoms with Crippen molar-refractivity contribution in [1.29, 1.82) is 0 Å². The van der Waals surface area contributed by atoms with Crippen molar-refractivity contribution in [1.82, 2.24) is 24.9 Å². The van der Waals surface area contributed by atoms with Crippen LogP contribution in [0.1, 0.15) is 36.5 Å². The van der Waals surface area contributed by atoms with Crippen molar-refractivity contribution in [2.45, 2.75) is 45.6 Å². The molecule has 2 heterocycles. The van der Waals surface area contributed by atoms with Crippen LogP contribution in [0, 0.1) is 19.8 Å². The second kappa shape index (κ2) is 6.00. The fourth-order valence-corrected chi connectivity index (χ4v) is 2.75. The van der Waals surface area contributed by atoms with Crippen LogP contribution in [-0.2, 0) is 11.2 Å². The van der Waals surface area contributed by atoms with Crippen LogP contribution in [-0.4, -0.2) is 43.2 Å². The molecule has 22 heavy (non-hydrogen) atoms. The first-order chi connectivity index (χ1) is 10.6. The predicted molar refractivity (Wildman–Crippen MR) is 80.3 cm³/mol. The van der Waals surface area contributed by atoms with Gasteiger partial charge in [0, 0.05) is 24.0 Å². The molecule has 1 fully saturated rings. The van der Waals surface area contributed by atoms with E-state index in [1.807, 2.05) is 19.9 Å². The van der Waals surface area contributed by atoms with E-state index in [-0.39, 0.29) is 25.0 Å². The molecule has 1 aliphatic rings. The van der Waals surface area contributed by atoms with Gasteiger partial charge in [0.15, 0.2) is 5.82 Å². The number of carbonyl (C=O) groups is 1. The first-order valence-corrected chi connectivity index (χ1v) is 7.67. The monoisotopic (exact) mass is 303 g/mol. The average Bonchev–Trinajstić information content (AvgIpc) is 3.20. The molecular formula is C15H21N5O2. The highest BCUT2D eigenvalue weighted by Gasteiger charge is 2.31. The van der Waals surface area contributed by atoms with Gasteiger partial charge in [0.05, 0.1) is 6.42 Å². The minimum absolute atomic E-state index is 0.0663. The third-order valence-electron chi connectivity index (χ3n) is 3.96. The molecule has 1 aliphatic carbocycles. The lowest BCUT2D eigenvalue weighted by Gasteiger charge is -2.16. The Morgan fingerprint density at radius 3 is 2.91 bits per heavy atom. The van der Waals surface area contributed by atoms with E-state index in [0.717, 1.165) is 24.2 Å². The SMILES string of the molecule is Cc1cc(C)n2nc(CC(=O)NC(CCO)C3CC3)nc2n1. The molecule has 0 aromatic carbocycles. The fourth-order valence-electron chi connectivity index (χ4n) is 2.75. The number of hydrogen-bond donors (Lipinski definition) is 2. The van der Waals surface area contributed by atoms with Gasteiger partial charge in [-0.2, -0.15) is 4.98 Å². The molecule has 2 aromatic rings. The van der Waals surface area contributed by atoms with Crippen LogP contribution in [0.25, 0.3) is 5.78 Å². The zero-order chi connectivity index (χ0) is 15.7. The van der Waals surface area contributed by atoms with Crippen LogP contribution in [0.3, 0.4) is 0 Å². The van der Waals surface area contributed by atoms with E-state index in [1.165, 1.54) is 0 Å². The second-order valence-electron chi connectivity index (χ2n) is 5.98. The zero-order valence-corrected chi connectivity index (χ0v) is 12.9. The number of fused-ring (bicyclic) bond motifs is 1. The summed E-state index contributed by atoms with van der Waals surface area (Å²) in [6, 6.07) is 1.99. The maximum atomic E-state index is 12.2. The zero-order valence-electron chi connectivity index (χ0n) is 12.9. The lowest BCUT2D eigenvalue weighted by molar-refractivity contribution is -0.121. The molecule has 0 bridgehead atoms. The Morgan fingerprint density at radius 2 is 2.23 bits per heavy atom. The Balaban J connectivity index is 1.69. The minimum atomic E-state index is -0.101. The highest BCUT2D eigenvalue weighted by molar-refractivity contribution is 5.78. The van der Waals surface area contributed by atoms with Crippen LogP contribution in [0.5, 0.6) is 0 Å². The van der Waals surface area contributed by atoms with Crippen molar-refractivity contribution in [3.63, 3.8) is 0 Å². The lowest BCUT2D eigenvalue weighted by atomic mass is 10.1. The molecule has 1 saturated carbocycles. The molecular weight excluding hydrogens is 282 g/mol. The Hall–Kier alpha value is -2.02. The van der Waals surface area contributed by atoms with Gasteiger partial charge >= 0.3 is 0 Å². The van der Waals surface area contributed by atoms with Crippen LogP contribution < -0.4 is 5.32 Å². The van der Waals surface area contributed by atoms with Crippen LogP contribution >= 0.6 is 0 Å². The minimum Gasteiger partial charge on any atom is -0.396 e. The maximum absolute atomic E-state index is 12.2. The van der Waals surface area contributed by atoms with Gasteiger partial charge in [-0.3, -0.25) is 4.79 Å². The Kier molecular flexibility index (Phi) is 4.06. The standard InChI is InChI=1S/C15H21N5O2/c1-9-7-10(2)20-15(16-9)18-13(19-20)8-14(22)17-12(5-6-21)11-3-4-11/h7,11-12,21H,3-6,8H2,1-2H3,(H,17,22). The summed E-state index contributed by atoms with van der Waals surface area (Å²) in [6.45, 7) is 3.93. The molecule has 7 nitrogen and oxygen atoms in total. The molecule has 0 aliphatic heterocycles. The average molecular weight is 303 g/mol. The predicted octanol–water partition coefficient (Wildman–Crippen LogP) is 0.561. The third kappa shape index (κ3) is 3.24. The Morgan fingerprint density at radius 1 is 1.45 bits per heavy atom. The number of hydrogen-bond acceptors (Lipinski definition) is 5. The van der Waals surface area contributed by atoms with Crippen molar-refractivity contribution >= 4 is 11.7 Å². The van der Waals surface area contributed by atoms with Crippen molar-refractivity contribution in [3.05, 3.63) is 23.3 Å². The highest BCUT2D eigenvalue weighted by atomic mass is 16.3. The Labute approximate surface area is 128 Å². The Bertz CT molecular complexity index is 693. The summed E-state index contributed by atoms with van der Waals surface area (Å²) in [7, 11) is 0. The number of aliphatic hydroxyl groups is 1. The van der Waals surface area contributed by atoms with Gasteiger partial charge in [0.25, 0.3) is 5.78 Å². The van der Waals surface area contributed by atoms with Crippen molar-refractivity contribution in [2.24, 2.45) is 5.92 Å². The number of amides is 1. The van der Waals surface area contributed by atoms with E-state index < -0.39 is 0 Å². The molecule has 2 N–H and O–H groups in total. The first-order valence-electron chi connectivity index (χ1n) is 7.67. The summed E-state index contributed by atoms with van der Waals surface area (Å²) in [5.74, 6) is 1.40. The molecule has 7 heteroatoms. The molecule has 0 spiro atoms. The van der Waals surface area contributed by atoms with Crippen LogP contribution in [0.15, 0.2) is 6.07 Å². The highest BCUT2D eigenvalue weighted by Crippen LogP contribution is 2.33. The molecule has 1 unspecified atom stereocenters. The van der Waals surface area contributed by atoms with E-state index in [4.69, 9.17) is 5.11 Å². The number of aryl methyl sites for hydroxylation is 2. The van der Waals surface area contributed by atoms with Gasteiger partial charge in [0.1, 0.15) is 0 Å². The number of carbonyl (C=O) groups excluding carboxylic acids is 1. The number of nitrogens with zero attached hydrogens (tertiary/aromatic N) is 4. The molecule has 2 aromatic heterocycles. The van der Waals surface area contributed by atoms with Gasteiger partial charge in [-0.05, 0) is 45.1 Å². The molecule has 1 amide bonds. The van der Waals surface area contributed by atoms with E-state index in [9.17, 15) is 4.79 Å². The maximum Gasteiger partial charge on any atom is 0.252 e. The van der Waals surface area contributed by atoms with Gasteiger partial charge in [-0.15, -0.1) is 5.10 Å². The van der Waals surface area contributed by atoms with E-state index in [1.54, 1.807) is 4.52 Å². The van der Waals surface area contributed by atoms with Crippen LogP contribution in [0.2, 0.25) is 0 Å². The largest absolute Gasteiger partial charge is 0.396 e. The smallest absolute Gasteiger partial charge is 0.252 e. The molecule has 0 radical (unpaired) electrons. The van der Waals surface area contributed by atoms with Gasteiger partial charge in [-0.25, -0.2) is 9.50 Å². The summed E-state index contributed by atoms with van der Waals surface area (Å²) >= 11 is 0. The second-order valence-corrected chi connectivity index (χ2v) is 5.98. The molecule has 118 valence electrons. The molecule has 1 atom stereocenters. The normalized spacial score (nSPS) is 16.0. The summed E-state index contributed by atoms with van der Waals surface area (Å²) in [6.07, 6.45) is 2.99. The summed E-state index contributed by atoms with van der Waals surface area (Å²) in [4.78, 5) is 20.8. The van der Waals surface area contributed by atoms with Crippen molar-refractivity contribution in [2.75, 3.05) is 6.61 Å².